The molecule has 0 aromatic carbocycles. The molecule has 1 aliphatic heterocycles. The van der Waals surface area contributed by atoms with Gasteiger partial charge in [0.1, 0.15) is 11.6 Å². The molecule has 0 aromatic rings. The van der Waals surface area contributed by atoms with Crippen LogP contribution < -0.4 is 11.1 Å². The summed E-state index contributed by atoms with van der Waals surface area (Å²) in [5.41, 5.74) is 4.04. The molecule has 0 bridgehead atoms. The summed E-state index contributed by atoms with van der Waals surface area (Å²) in [6, 6.07) is -3.09. The second-order valence-electron chi connectivity index (χ2n) is 5.03. The van der Waals surface area contributed by atoms with Crippen molar-refractivity contribution >= 4 is 11.9 Å². The number of alkyl halides is 3. The second-order valence-corrected chi connectivity index (χ2v) is 5.03. The molecule has 2 rings (SSSR count). The highest BCUT2D eigenvalue weighted by Crippen LogP contribution is 2.38. The molecule has 3 N–H and O–H groups in total. The highest BCUT2D eigenvalue weighted by molar-refractivity contribution is 6.07. The molecule has 1 heterocycles. The molecule has 19 heavy (non-hydrogen) atoms. The van der Waals surface area contributed by atoms with Crippen molar-refractivity contribution in [2.45, 2.75) is 49.9 Å². The molecule has 1 spiro atoms. The number of carbonyl (C=O) groups is 2. The molecule has 1 unspecified atom stereocenters. The quantitative estimate of drug-likeness (QED) is 0.760. The smallest absolute Gasteiger partial charge is 0.330 e. The highest BCUT2D eigenvalue weighted by atomic mass is 19.4. The molecule has 1 atom stereocenters. The first-order valence-electron chi connectivity index (χ1n) is 6.24. The third-order valence-corrected chi connectivity index (χ3v) is 3.78. The Morgan fingerprint density at radius 1 is 1.32 bits per heavy atom. The Morgan fingerprint density at radius 3 is 2.37 bits per heavy atom. The van der Waals surface area contributed by atoms with Crippen LogP contribution in [0, 0.1) is 0 Å². The Morgan fingerprint density at radius 2 is 1.89 bits per heavy atom. The van der Waals surface area contributed by atoms with E-state index in [1.54, 1.807) is 0 Å². The van der Waals surface area contributed by atoms with Crippen LogP contribution in [0.25, 0.3) is 0 Å². The molecule has 3 amide bonds. The number of hydrogen-bond acceptors (Lipinski definition) is 3. The Balaban J connectivity index is 2.28. The number of urea groups is 1. The van der Waals surface area contributed by atoms with E-state index < -0.39 is 36.1 Å². The zero-order valence-electron chi connectivity index (χ0n) is 10.3. The molecule has 8 heteroatoms. The van der Waals surface area contributed by atoms with Crippen LogP contribution in [0.3, 0.4) is 0 Å². The van der Waals surface area contributed by atoms with Gasteiger partial charge in [0.15, 0.2) is 0 Å². The average molecular weight is 279 g/mol. The molecule has 0 radical (unpaired) electrons. The third kappa shape index (κ3) is 2.29. The lowest BCUT2D eigenvalue weighted by Crippen LogP contribution is -2.51. The molecule has 0 aromatic heterocycles. The molecule has 1 saturated heterocycles. The van der Waals surface area contributed by atoms with Crippen molar-refractivity contribution in [3.63, 3.8) is 0 Å². The number of nitrogens with zero attached hydrogens (tertiary/aromatic N) is 1. The van der Waals surface area contributed by atoms with Crippen LogP contribution in [-0.2, 0) is 4.79 Å². The molecule has 2 aliphatic rings. The van der Waals surface area contributed by atoms with Crippen LogP contribution >= 0.6 is 0 Å². The van der Waals surface area contributed by atoms with E-state index in [4.69, 9.17) is 5.73 Å². The summed E-state index contributed by atoms with van der Waals surface area (Å²) >= 11 is 0. The van der Waals surface area contributed by atoms with Crippen molar-refractivity contribution in [3.05, 3.63) is 0 Å². The number of nitrogens with two attached hydrogens (primary N) is 1. The van der Waals surface area contributed by atoms with Gasteiger partial charge in [-0.2, -0.15) is 13.2 Å². The topological polar surface area (TPSA) is 75.4 Å². The van der Waals surface area contributed by atoms with Crippen LogP contribution in [0.4, 0.5) is 18.0 Å². The number of hydrogen-bond donors (Lipinski definition) is 2. The molecule has 1 aliphatic carbocycles. The predicted molar refractivity (Wildman–Crippen MR) is 60.1 cm³/mol. The van der Waals surface area contributed by atoms with E-state index in [9.17, 15) is 22.8 Å². The highest BCUT2D eigenvalue weighted by Gasteiger charge is 2.58. The van der Waals surface area contributed by atoms with E-state index in [0.29, 0.717) is 17.7 Å². The average Bonchev–Trinajstić information content (AvgIpc) is 2.84. The lowest BCUT2D eigenvalue weighted by atomic mass is 9.97. The largest absolute Gasteiger partial charge is 0.409 e. The van der Waals surface area contributed by atoms with E-state index in [0.717, 1.165) is 12.8 Å². The van der Waals surface area contributed by atoms with Gasteiger partial charge in [-0.15, -0.1) is 0 Å². The summed E-state index contributed by atoms with van der Waals surface area (Å²) in [6.45, 7) is -0.242. The SMILES string of the molecule is NCCC(N1C(=O)NC2(CCCC2)C1=O)C(F)(F)F. The van der Waals surface area contributed by atoms with E-state index in [2.05, 4.69) is 5.32 Å². The van der Waals surface area contributed by atoms with Gasteiger partial charge in [-0.1, -0.05) is 12.8 Å². The minimum absolute atomic E-state index is 0.242. The maximum absolute atomic E-state index is 13.0. The van der Waals surface area contributed by atoms with Gasteiger partial charge >= 0.3 is 12.2 Å². The summed E-state index contributed by atoms with van der Waals surface area (Å²) in [5.74, 6) is -0.759. The van der Waals surface area contributed by atoms with Crippen LogP contribution in [0.15, 0.2) is 0 Å². The van der Waals surface area contributed by atoms with Crippen LogP contribution in [0.1, 0.15) is 32.1 Å². The van der Waals surface area contributed by atoms with Crippen molar-refractivity contribution in [3.8, 4) is 0 Å². The predicted octanol–water partition coefficient (Wildman–Crippen LogP) is 1.13. The van der Waals surface area contributed by atoms with Gasteiger partial charge in [0.05, 0.1) is 0 Å². The maximum atomic E-state index is 13.0. The van der Waals surface area contributed by atoms with Gasteiger partial charge in [0.2, 0.25) is 0 Å². The Bertz CT molecular complexity index is 391. The number of halogens is 3. The number of imide groups is 1. The number of rotatable bonds is 3. The first-order chi connectivity index (χ1) is 8.82. The fourth-order valence-corrected chi connectivity index (χ4v) is 2.84. The molecule has 1 saturated carbocycles. The lowest BCUT2D eigenvalue weighted by molar-refractivity contribution is -0.182. The third-order valence-electron chi connectivity index (χ3n) is 3.78. The Hall–Kier alpha value is -1.31. The van der Waals surface area contributed by atoms with Crippen LogP contribution in [0.2, 0.25) is 0 Å². The first kappa shape index (κ1) is 14.1. The van der Waals surface area contributed by atoms with Crippen LogP contribution in [-0.4, -0.2) is 41.1 Å². The lowest BCUT2D eigenvalue weighted by Gasteiger charge is -2.28. The summed E-state index contributed by atoms with van der Waals surface area (Å²) < 4.78 is 38.9. The fourth-order valence-electron chi connectivity index (χ4n) is 2.84. The monoisotopic (exact) mass is 279 g/mol. The van der Waals surface area contributed by atoms with Gasteiger partial charge in [-0.05, 0) is 25.8 Å². The van der Waals surface area contributed by atoms with Gasteiger partial charge in [0.25, 0.3) is 5.91 Å². The first-order valence-corrected chi connectivity index (χ1v) is 6.24. The minimum Gasteiger partial charge on any atom is -0.330 e. The van der Waals surface area contributed by atoms with Gasteiger partial charge in [-0.25, -0.2) is 9.69 Å². The maximum Gasteiger partial charge on any atom is 0.409 e. The van der Waals surface area contributed by atoms with E-state index >= 15 is 0 Å². The van der Waals surface area contributed by atoms with Crippen molar-refractivity contribution in [2.24, 2.45) is 5.73 Å². The fraction of sp³-hybridized carbons (Fsp3) is 0.818. The number of nitrogens with one attached hydrogen (secondary N) is 1. The number of amides is 3. The normalized spacial score (nSPS) is 24.1. The second kappa shape index (κ2) is 4.66. The summed E-state index contributed by atoms with van der Waals surface area (Å²) in [5, 5.41) is 2.44. The van der Waals surface area contributed by atoms with Crippen molar-refractivity contribution in [1.29, 1.82) is 0 Å². The van der Waals surface area contributed by atoms with E-state index in [-0.39, 0.29) is 6.54 Å². The molecule has 2 fully saturated rings. The van der Waals surface area contributed by atoms with Crippen molar-refractivity contribution in [1.82, 2.24) is 10.2 Å². The van der Waals surface area contributed by atoms with Gasteiger partial charge in [0, 0.05) is 0 Å². The molecule has 5 nitrogen and oxygen atoms in total. The summed E-state index contributed by atoms with van der Waals surface area (Å²) in [6.07, 6.45) is -2.86. The zero-order valence-corrected chi connectivity index (χ0v) is 10.3. The van der Waals surface area contributed by atoms with Crippen molar-refractivity contribution < 1.29 is 22.8 Å². The number of carbonyl (C=O) groups excluding carboxylic acids is 2. The van der Waals surface area contributed by atoms with Gasteiger partial charge < -0.3 is 11.1 Å². The summed E-state index contributed by atoms with van der Waals surface area (Å²) in [4.78, 5) is 24.3. The summed E-state index contributed by atoms with van der Waals surface area (Å²) in [7, 11) is 0. The Kier molecular flexibility index (Phi) is 3.46. The van der Waals surface area contributed by atoms with E-state index in [1.807, 2.05) is 0 Å². The molecule has 108 valence electrons. The zero-order chi connectivity index (χ0) is 14.3. The van der Waals surface area contributed by atoms with E-state index in [1.165, 1.54) is 0 Å². The van der Waals surface area contributed by atoms with Crippen molar-refractivity contribution in [2.75, 3.05) is 6.54 Å². The Labute approximate surface area is 108 Å². The standard InChI is InChI=1S/C11H16F3N3O2/c12-11(13,14)7(3-6-15)17-8(18)10(16-9(17)19)4-1-2-5-10/h7H,1-6,15H2,(H,16,19). The minimum atomic E-state index is -4.66. The van der Waals surface area contributed by atoms with Gasteiger partial charge in [-0.3, -0.25) is 4.79 Å². The molecular formula is C11H16F3N3O2. The molecular weight excluding hydrogens is 263 g/mol. The van der Waals surface area contributed by atoms with Crippen LogP contribution in [0.5, 0.6) is 0 Å².